The first-order chi connectivity index (χ1) is 8.58. The number of benzene rings is 1. The Morgan fingerprint density at radius 2 is 1.89 bits per heavy atom. The van der Waals surface area contributed by atoms with Crippen LogP contribution in [0.1, 0.15) is 10.4 Å². The Bertz CT molecular complexity index is 415. The number of methoxy groups -OCH3 is 2. The van der Waals surface area contributed by atoms with Crippen molar-refractivity contribution in [2.75, 3.05) is 26.1 Å². The Morgan fingerprint density at radius 3 is 2.33 bits per heavy atom. The molecule has 1 rings (SSSR count). The molecular weight excluding hydrogens is 238 g/mol. The third kappa shape index (κ3) is 3.83. The topological polar surface area (TPSA) is 84.9 Å². The van der Waals surface area contributed by atoms with Crippen LogP contribution in [0.25, 0.3) is 0 Å². The van der Waals surface area contributed by atoms with Gasteiger partial charge >= 0.3 is 5.97 Å². The number of amides is 1. The van der Waals surface area contributed by atoms with E-state index in [-0.39, 0.29) is 18.1 Å². The zero-order chi connectivity index (χ0) is 13.5. The minimum absolute atomic E-state index is 0.148. The van der Waals surface area contributed by atoms with Crippen molar-refractivity contribution in [1.82, 2.24) is 0 Å². The van der Waals surface area contributed by atoms with Crippen LogP contribution in [-0.2, 0) is 14.3 Å². The number of rotatable bonds is 6. The van der Waals surface area contributed by atoms with Crippen LogP contribution in [0.2, 0.25) is 0 Å². The van der Waals surface area contributed by atoms with E-state index in [1.54, 1.807) is 0 Å². The van der Waals surface area contributed by atoms with Crippen molar-refractivity contribution in [3.63, 3.8) is 0 Å². The lowest BCUT2D eigenvalue weighted by molar-refractivity contribution is -0.128. The van der Waals surface area contributed by atoms with Crippen molar-refractivity contribution in [2.45, 2.75) is 6.10 Å². The predicted molar refractivity (Wildman–Crippen MR) is 64.7 cm³/mol. The number of nitrogens with one attached hydrogen (secondary N) is 1. The standard InChI is InChI=1S/C12H15NO5/c1-17-7-10(18-2)11(14)13-9-5-3-8(4-6-9)12(15)16/h3-6,10H,7H2,1-2H3,(H,13,14)(H,15,16). The van der Waals surface area contributed by atoms with Gasteiger partial charge in [-0.3, -0.25) is 4.79 Å². The lowest BCUT2D eigenvalue weighted by atomic mass is 10.2. The molecule has 1 amide bonds. The molecule has 0 aliphatic heterocycles. The Labute approximate surface area is 105 Å². The average Bonchev–Trinajstić information content (AvgIpc) is 2.36. The van der Waals surface area contributed by atoms with Gasteiger partial charge in [0, 0.05) is 19.9 Å². The SMILES string of the molecule is COCC(OC)C(=O)Nc1ccc(C(=O)O)cc1. The largest absolute Gasteiger partial charge is 0.478 e. The van der Waals surface area contributed by atoms with E-state index in [1.807, 2.05) is 0 Å². The molecule has 0 heterocycles. The molecule has 2 N–H and O–H groups in total. The fraction of sp³-hybridized carbons (Fsp3) is 0.333. The van der Waals surface area contributed by atoms with E-state index in [9.17, 15) is 9.59 Å². The first-order valence-corrected chi connectivity index (χ1v) is 5.24. The summed E-state index contributed by atoms with van der Waals surface area (Å²) in [6, 6.07) is 5.86. The summed E-state index contributed by atoms with van der Waals surface area (Å²) in [7, 11) is 2.89. The summed E-state index contributed by atoms with van der Waals surface area (Å²) in [5, 5.41) is 11.3. The maximum Gasteiger partial charge on any atom is 0.335 e. The van der Waals surface area contributed by atoms with Crippen LogP contribution in [-0.4, -0.2) is 43.9 Å². The zero-order valence-electron chi connectivity index (χ0n) is 10.2. The second-order valence-electron chi connectivity index (χ2n) is 3.55. The number of ether oxygens (including phenoxy) is 2. The molecule has 98 valence electrons. The number of aromatic carboxylic acids is 1. The molecule has 0 saturated heterocycles. The van der Waals surface area contributed by atoms with Gasteiger partial charge in [-0.15, -0.1) is 0 Å². The summed E-state index contributed by atoms with van der Waals surface area (Å²) >= 11 is 0. The molecule has 1 aromatic carbocycles. The molecule has 0 radical (unpaired) electrons. The molecule has 0 saturated carbocycles. The van der Waals surface area contributed by atoms with Gasteiger partial charge in [-0.05, 0) is 24.3 Å². The van der Waals surface area contributed by atoms with Crippen molar-refractivity contribution >= 4 is 17.6 Å². The van der Waals surface area contributed by atoms with Crippen LogP contribution in [0.4, 0.5) is 5.69 Å². The van der Waals surface area contributed by atoms with Crippen LogP contribution in [0, 0.1) is 0 Å². The van der Waals surface area contributed by atoms with Gasteiger partial charge in [-0.1, -0.05) is 0 Å². The van der Waals surface area contributed by atoms with Gasteiger partial charge in [-0.2, -0.15) is 0 Å². The third-order valence-electron chi connectivity index (χ3n) is 2.29. The van der Waals surface area contributed by atoms with Gasteiger partial charge in [0.25, 0.3) is 5.91 Å². The molecule has 0 aliphatic carbocycles. The maximum absolute atomic E-state index is 11.7. The van der Waals surface area contributed by atoms with Crippen LogP contribution >= 0.6 is 0 Å². The number of carboxylic acids is 1. The van der Waals surface area contributed by atoms with E-state index in [4.69, 9.17) is 14.6 Å². The van der Waals surface area contributed by atoms with Crippen LogP contribution < -0.4 is 5.32 Å². The third-order valence-corrected chi connectivity index (χ3v) is 2.29. The fourth-order valence-electron chi connectivity index (χ4n) is 1.32. The minimum atomic E-state index is -1.01. The van der Waals surface area contributed by atoms with E-state index in [0.29, 0.717) is 5.69 Å². The van der Waals surface area contributed by atoms with Gasteiger partial charge in [-0.25, -0.2) is 4.79 Å². The number of hydrogen-bond donors (Lipinski definition) is 2. The molecule has 1 aromatic rings. The van der Waals surface area contributed by atoms with E-state index in [2.05, 4.69) is 5.32 Å². The number of hydrogen-bond acceptors (Lipinski definition) is 4. The van der Waals surface area contributed by atoms with E-state index in [0.717, 1.165) is 0 Å². The molecule has 1 unspecified atom stereocenters. The summed E-state index contributed by atoms with van der Waals surface area (Å²) in [4.78, 5) is 22.4. The summed E-state index contributed by atoms with van der Waals surface area (Å²) in [5.74, 6) is -1.36. The van der Waals surface area contributed by atoms with Gasteiger partial charge in [0.05, 0.1) is 12.2 Å². The maximum atomic E-state index is 11.7. The smallest absolute Gasteiger partial charge is 0.335 e. The summed E-state index contributed by atoms with van der Waals surface area (Å²) in [6.07, 6.45) is -0.700. The van der Waals surface area contributed by atoms with Crippen molar-refractivity contribution in [2.24, 2.45) is 0 Å². The van der Waals surface area contributed by atoms with E-state index < -0.39 is 12.1 Å². The van der Waals surface area contributed by atoms with Crippen molar-refractivity contribution in [3.8, 4) is 0 Å². The number of carboxylic acid groups (broad SMARTS) is 1. The predicted octanol–water partition coefficient (Wildman–Crippen LogP) is 0.985. The molecule has 0 aromatic heterocycles. The van der Waals surface area contributed by atoms with Gasteiger partial charge in [0.2, 0.25) is 0 Å². The minimum Gasteiger partial charge on any atom is -0.478 e. The van der Waals surface area contributed by atoms with Crippen molar-refractivity contribution in [3.05, 3.63) is 29.8 Å². The Balaban J connectivity index is 2.66. The number of carbonyl (C=O) groups excluding carboxylic acids is 1. The van der Waals surface area contributed by atoms with Gasteiger partial charge < -0.3 is 19.9 Å². The molecule has 0 aliphatic rings. The zero-order valence-corrected chi connectivity index (χ0v) is 10.2. The quantitative estimate of drug-likeness (QED) is 0.789. The average molecular weight is 253 g/mol. The highest BCUT2D eigenvalue weighted by atomic mass is 16.5. The van der Waals surface area contributed by atoms with Crippen molar-refractivity contribution in [1.29, 1.82) is 0 Å². The summed E-state index contributed by atoms with van der Waals surface area (Å²) in [6.45, 7) is 0.148. The fourth-order valence-corrected chi connectivity index (χ4v) is 1.32. The van der Waals surface area contributed by atoms with Crippen LogP contribution in [0.3, 0.4) is 0 Å². The number of anilines is 1. The molecule has 6 nitrogen and oxygen atoms in total. The summed E-state index contributed by atoms with van der Waals surface area (Å²) < 4.78 is 9.80. The van der Waals surface area contributed by atoms with Crippen LogP contribution in [0.15, 0.2) is 24.3 Å². The highest BCUT2D eigenvalue weighted by Crippen LogP contribution is 2.10. The molecule has 6 heteroatoms. The van der Waals surface area contributed by atoms with Gasteiger partial charge in [0.1, 0.15) is 0 Å². The molecule has 0 bridgehead atoms. The normalized spacial score (nSPS) is 11.9. The Morgan fingerprint density at radius 1 is 1.28 bits per heavy atom. The molecule has 0 spiro atoms. The van der Waals surface area contributed by atoms with Crippen molar-refractivity contribution < 1.29 is 24.2 Å². The highest BCUT2D eigenvalue weighted by Gasteiger charge is 2.17. The second kappa shape index (κ2) is 6.73. The van der Waals surface area contributed by atoms with E-state index in [1.165, 1.54) is 38.5 Å². The molecule has 1 atom stereocenters. The number of carbonyl (C=O) groups is 2. The Hall–Kier alpha value is -1.92. The van der Waals surface area contributed by atoms with Gasteiger partial charge in [0.15, 0.2) is 6.10 Å². The first kappa shape index (κ1) is 14.1. The van der Waals surface area contributed by atoms with E-state index >= 15 is 0 Å². The monoisotopic (exact) mass is 253 g/mol. The summed E-state index contributed by atoms with van der Waals surface area (Å²) in [5.41, 5.74) is 0.663. The highest BCUT2D eigenvalue weighted by molar-refractivity contribution is 5.95. The molecule has 0 fully saturated rings. The lowest BCUT2D eigenvalue weighted by Crippen LogP contribution is -2.33. The lowest BCUT2D eigenvalue weighted by Gasteiger charge is -2.14. The molecule has 18 heavy (non-hydrogen) atoms. The second-order valence-corrected chi connectivity index (χ2v) is 3.55. The van der Waals surface area contributed by atoms with Crippen LogP contribution in [0.5, 0.6) is 0 Å². The molecular formula is C12H15NO5. The Kier molecular flexibility index (Phi) is 5.29. The first-order valence-electron chi connectivity index (χ1n) is 5.24.